The van der Waals surface area contributed by atoms with Gasteiger partial charge in [0.15, 0.2) is 0 Å². The van der Waals surface area contributed by atoms with Crippen LogP contribution in [0.15, 0.2) is 60.3 Å². The Hall–Kier alpha value is -2.55. The fourth-order valence-corrected chi connectivity index (χ4v) is 2.41. The Labute approximate surface area is 111 Å². The van der Waals surface area contributed by atoms with E-state index in [1.54, 1.807) is 0 Å². The highest BCUT2D eigenvalue weighted by atomic mass is 16.4. The molecule has 2 aromatic carbocycles. The van der Waals surface area contributed by atoms with Crippen LogP contribution in [0.25, 0.3) is 5.57 Å². The molecule has 0 unspecified atom stereocenters. The van der Waals surface area contributed by atoms with Crippen molar-refractivity contribution in [3.63, 3.8) is 0 Å². The molecule has 0 bridgehead atoms. The summed E-state index contributed by atoms with van der Waals surface area (Å²) in [6, 6.07) is 17.5. The Morgan fingerprint density at radius 2 is 1.68 bits per heavy atom. The molecule has 1 heterocycles. The van der Waals surface area contributed by atoms with E-state index in [1.807, 2.05) is 54.6 Å². The highest BCUT2D eigenvalue weighted by Crippen LogP contribution is 2.31. The van der Waals surface area contributed by atoms with Crippen molar-refractivity contribution in [2.75, 3.05) is 0 Å². The zero-order valence-electron chi connectivity index (χ0n) is 10.3. The maximum Gasteiger partial charge on any atom is 0.352 e. The lowest BCUT2D eigenvalue weighted by Gasteiger charge is -2.23. The van der Waals surface area contributed by atoms with Crippen molar-refractivity contribution >= 4 is 11.5 Å². The SMILES string of the molecule is O=C(O)C1=C(c2ccccc2)c2ccccc2CN1. The number of carboxylic acid groups (broad SMARTS) is 1. The van der Waals surface area contributed by atoms with E-state index in [2.05, 4.69) is 5.32 Å². The Morgan fingerprint density at radius 3 is 2.42 bits per heavy atom. The van der Waals surface area contributed by atoms with Crippen molar-refractivity contribution in [1.82, 2.24) is 5.32 Å². The molecule has 3 nitrogen and oxygen atoms in total. The highest BCUT2D eigenvalue weighted by molar-refractivity contribution is 6.01. The minimum Gasteiger partial charge on any atom is -0.477 e. The van der Waals surface area contributed by atoms with Gasteiger partial charge in [-0.25, -0.2) is 4.79 Å². The van der Waals surface area contributed by atoms with Crippen molar-refractivity contribution in [1.29, 1.82) is 0 Å². The van der Waals surface area contributed by atoms with Gasteiger partial charge in [-0.1, -0.05) is 54.6 Å². The van der Waals surface area contributed by atoms with Crippen molar-refractivity contribution < 1.29 is 9.90 Å². The van der Waals surface area contributed by atoms with Gasteiger partial charge in [-0.05, 0) is 16.7 Å². The van der Waals surface area contributed by atoms with Gasteiger partial charge in [0.2, 0.25) is 0 Å². The van der Waals surface area contributed by atoms with Crippen LogP contribution in [0.5, 0.6) is 0 Å². The summed E-state index contributed by atoms with van der Waals surface area (Å²) in [6.07, 6.45) is 0. The van der Waals surface area contributed by atoms with Crippen LogP contribution >= 0.6 is 0 Å². The van der Waals surface area contributed by atoms with Crippen molar-refractivity contribution in [3.05, 3.63) is 77.0 Å². The van der Waals surface area contributed by atoms with Gasteiger partial charge in [-0.15, -0.1) is 0 Å². The Bertz CT molecular complexity index is 659. The van der Waals surface area contributed by atoms with E-state index in [4.69, 9.17) is 0 Å². The Kier molecular flexibility index (Phi) is 2.80. The van der Waals surface area contributed by atoms with Crippen LogP contribution < -0.4 is 5.32 Å². The van der Waals surface area contributed by atoms with Gasteiger partial charge in [0.05, 0.1) is 0 Å². The van der Waals surface area contributed by atoms with E-state index in [9.17, 15) is 9.90 Å². The first kappa shape index (κ1) is 11.5. The van der Waals surface area contributed by atoms with Gasteiger partial charge in [0.1, 0.15) is 5.70 Å². The standard InChI is InChI=1S/C16H13NO2/c18-16(19)15-14(11-6-2-1-3-7-11)13-9-5-4-8-12(13)10-17-15/h1-9,17H,10H2,(H,18,19). The van der Waals surface area contributed by atoms with E-state index in [0.717, 1.165) is 22.3 Å². The van der Waals surface area contributed by atoms with Crippen LogP contribution in [0.3, 0.4) is 0 Å². The Balaban J connectivity index is 2.27. The summed E-state index contributed by atoms with van der Waals surface area (Å²) in [6.45, 7) is 0.550. The first-order valence-corrected chi connectivity index (χ1v) is 6.12. The van der Waals surface area contributed by atoms with Crippen LogP contribution in [-0.4, -0.2) is 11.1 Å². The molecule has 19 heavy (non-hydrogen) atoms. The number of aliphatic carboxylic acids is 1. The minimum absolute atomic E-state index is 0.268. The number of benzene rings is 2. The predicted molar refractivity (Wildman–Crippen MR) is 73.4 cm³/mol. The zero-order chi connectivity index (χ0) is 13.2. The lowest BCUT2D eigenvalue weighted by Crippen LogP contribution is -2.26. The summed E-state index contributed by atoms with van der Waals surface area (Å²) in [4.78, 5) is 11.4. The third-order valence-corrected chi connectivity index (χ3v) is 3.27. The lowest BCUT2D eigenvalue weighted by molar-refractivity contribution is -0.133. The smallest absolute Gasteiger partial charge is 0.352 e. The quantitative estimate of drug-likeness (QED) is 0.862. The zero-order valence-corrected chi connectivity index (χ0v) is 10.3. The van der Waals surface area contributed by atoms with E-state index >= 15 is 0 Å². The lowest BCUT2D eigenvalue weighted by atomic mass is 9.89. The molecule has 0 fully saturated rings. The van der Waals surface area contributed by atoms with Crippen LogP contribution in [0.4, 0.5) is 0 Å². The number of rotatable bonds is 2. The Morgan fingerprint density at radius 1 is 1.00 bits per heavy atom. The summed E-state index contributed by atoms with van der Waals surface area (Å²) in [7, 11) is 0. The molecule has 0 spiro atoms. The van der Waals surface area contributed by atoms with Crippen LogP contribution in [-0.2, 0) is 11.3 Å². The predicted octanol–water partition coefficient (Wildman–Crippen LogP) is 2.63. The topological polar surface area (TPSA) is 49.3 Å². The fraction of sp³-hybridized carbons (Fsp3) is 0.0625. The molecule has 0 aromatic heterocycles. The van der Waals surface area contributed by atoms with Gasteiger partial charge in [-0.2, -0.15) is 0 Å². The number of carboxylic acids is 1. The van der Waals surface area contributed by atoms with Gasteiger partial charge < -0.3 is 10.4 Å². The van der Waals surface area contributed by atoms with Crippen LogP contribution in [0.2, 0.25) is 0 Å². The van der Waals surface area contributed by atoms with Crippen molar-refractivity contribution in [2.45, 2.75) is 6.54 Å². The van der Waals surface area contributed by atoms with Crippen molar-refractivity contribution in [3.8, 4) is 0 Å². The molecule has 94 valence electrons. The molecule has 0 saturated heterocycles. The molecule has 0 atom stereocenters. The maximum absolute atomic E-state index is 11.4. The number of fused-ring (bicyclic) bond motifs is 1. The number of carbonyl (C=O) groups is 1. The normalized spacial score (nSPS) is 13.7. The second kappa shape index (κ2) is 4.61. The molecule has 0 saturated carbocycles. The maximum atomic E-state index is 11.4. The summed E-state index contributed by atoms with van der Waals surface area (Å²) in [5.74, 6) is -0.923. The number of hydrogen-bond acceptors (Lipinski definition) is 2. The van der Waals surface area contributed by atoms with Gasteiger partial charge in [0.25, 0.3) is 0 Å². The average Bonchev–Trinajstić information content (AvgIpc) is 2.46. The highest BCUT2D eigenvalue weighted by Gasteiger charge is 2.23. The third kappa shape index (κ3) is 1.99. The summed E-state index contributed by atoms with van der Waals surface area (Å²) >= 11 is 0. The van der Waals surface area contributed by atoms with E-state index in [-0.39, 0.29) is 5.70 Å². The average molecular weight is 251 g/mol. The third-order valence-electron chi connectivity index (χ3n) is 3.27. The van der Waals surface area contributed by atoms with Crippen molar-refractivity contribution in [2.24, 2.45) is 0 Å². The molecule has 3 heteroatoms. The molecule has 0 amide bonds. The fourth-order valence-electron chi connectivity index (χ4n) is 2.41. The first-order valence-electron chi connectivity index (χ1n) is 6.12. The molecule has 2 N–H and O–H groups in total. The molecule has 0 radical (unpaired) electrons. The molecule has 0 aliphatic carbocycles. The minimum atomic E-state index is -0.923. The van der Waals surface area contributed by atoms with E-state index in [1.165, 1.54) is 0 Å². The second-order valence-corrected chi connectivity index (χ2v) is 4.43. The second-order valence-electron chi connectivity index (χ2n) is 4.43. The first-order chi connectivity index (χ1) is 9.27. The van der Waals surface area contributed by atoms with E-state index in [0.29, 0.717) is 6.54 Å². The largest absolute Gasteiger partial charge is 0.477 e. The molecule has 1 aliphatic rings. The summed E-state index contributed by atoms with van der Waals surface area (Å²) < 4.78 is 0. The van der Waals surface area contributed by atoms with Crippen LogP contribution in [0.1, 0.15) is 16.7 Å². The summed E-state index contributed by atoms with van der Waals surface area (Å²) in [5.41, 5.74) is 4.05. The van der Waals surface area contributed by atoms with E-state index < -0.39 is 5.97 Å². The molecule has 2 aromatic rings. The van der Waals surface area contributed by atoms with Gasteiger partial charge in [-0.3, -0.25) is 0 Å². The molecule has 1 aliphatic heterocycles. The van der Waals surface area contributed by atoms with Crippen LogP contribution in [0, 0.1) is 0 Å². The summed E-state index contributed by atoms with van der Waals surface area (Å²) in [5, 5.41) is 12.4. The monoisotopic (exact) mass is 251 g/mol. The number of hydrogen-bond donors (Lipinski definition) is 2. The molecular weight excluding hydrogens is 238 g/mol. The molecular formula is C16H13NO2. The van der Waals surface area contributed by atoms with Gasteiger partial charge in [0, 0.05) is 12.1 Å². The number of nitrogens with one attached hydrogen (secondary N) is 1. The van der Waals surface area contributed by atoms with Gasteiger partial charge >= 0.3 is 5.97 Å². The molecule has 3 rings (SSSR count).